The van der Waals surface area contributed by atoms with Crippen LogP contribution < -0.4 is 0 Å². The van der Waals surface area contributed by atoms with E-state index in [1.807, 2.05) is 0 Å². The summed E-state index contributed by atoms with van der Waals surface area (Å²) < 4.78 is 67.9. The molecule has 12 heteroatoms. The van der Waals surface area contributed by atoms with E-state index in [1.54, 1.807) is 17.0 Å². The van der Waals surface area contributed by atoms with Gasteiger partial charge in [-0.25, -0.2) is 13.6 Å². The van der Waals surface area contributed by atoms with Crippen LogP contribution in [0.3, 0.4) is 0 Å². The normalized spacial score (nSPS) is 17.0. The predicted octanol–water partition coefficient (Wildman–Crippen LogP) is 4.63. The van der Waals surface area contributed by atoms with E-state index in [1.165, 1.54) is 4.90 Å². The molecular formula is C17H17F5N4O2S. The monoisotopic (exact) mass is 436 g/mol. The summed E-state index contributed by atoms with van der Waals surface area (Å²) in [6, 6.07) is 2.66. The van der Waals surface area contributed by atoms with Crippen LogP contribution in [-0.4, -0.2) is 51.0 Å². The highest BCUT2D eigenvalue weighted by Crippen LogP contribution is 2.36. The lowest BCUT2D eigenvalue weighted by Gasteiger charge is -2.30. The number of nitrogens with zero attached hydrogens (tertiary/aromatic N) is 4. The van der Waals surface area contributed by atoms with Gasteiger partial charge in [0.15, 0.2) is 0 Å². The number of amides is 2. The molecule has 2 aliphatic carbocycles. The summed E-state index contributed by atoms with van der Waals surface area (Å²) >= 11 is 1.14. The van der Waals surface area contributed by atoms with Gasteiger partial charge in [0.1, 0.15) is 0 Å². The number of thiophene rings is 1. The van der Waals surface area contributed by atoms with Crippen LogP contribution >= 0.6 is 11.3 Å². The summed E-state index contributed by atoms with van der Waals surface area (Å²) in [5, 5.41) is 3.35. The zero-order chi connectivity index (χ0) is 20.8. The molecular weight excluding hydrogens is 419 g/mol. The van der Waals surface area contributed by atoms with E-state index in [0.29, 0.717) is 9.75 Å². The Morgan fingerprint density at radius 3 is 2.38 bits per heavy atom. The molecule has 0 atom stereocenters. The highest BCUT2D eigenvalue weighted by atomic mass is 32.1. The van der Waals surface area contributed by atoms with Crippen molar-refractivity contribution in [2.75, 3.05) is 6.54 Å². The fourth-order valence-corrected chi connectivity index (χ4v) is 3.94. The number of rotatable bonds is 7. The largest absolute Gasteiger partial charge is 0.471 e. The van der Waals surface area contributed by atoms with Gasteiger partial charge in [-0.15, -0.1) is 11.3 Å². The molecule has 2 fully saturated rings. The van der Waals surface area contributed by atoms with E-state index in [0.717, 1.165) is 37.0 Å². The van der Waals surface area contributed by atoms with E-state index < -0.39 is 31.1 Å². The van der Waals surface area contributed by atoms with Gasteiger partial charge >= 0.3 is 18.1 Å². The van der Waals surface area contributed by atoms with Crippen molar-refractivity contribution in [3.8, 4) is 10.7 Å². The predicted molar refractivity (Wildman–Crippen MR) is 92.3 cm³/mol. The second-order valence-electron chi connectivity index (χ2n) is 7.10. The maximum Gasteiger partial charge on any atom is 0.471 e. The average molecular weight is 436 g/mol. The number of aromatic nitrogens is 2. The maximum atomic E-state index is 12.9. The van der Waals surface area contributed by atoms with Crippen LogP contribution in [-0.2, 0) is 12.7 Å². The van der Waals surface area contributed by atoms with E-state index in [-0.39, 0.29) is 24.5 Å². The number of halogens is 5. The molecule has 158 valence electrons. The van der Waals surface area contributed by atoms with Crippen LogP contribution in [0.25, 0.3) is 10.7 Å². The fourth-order valence-electron chi connectivity index (χ4n) is 3.01. The summed E-state index contributed by atoms with van der Waals surface area (Å²) in [6.45, 7) is -0.393. The average Bonchev–Trinajstić information content (AvgIpc) is 3.56. The van der Waals surface area contributed by atoms with Crippen LogP contribution in [0, 0.1) is 0 Å². The molecule has 2 saturated carbocycles. The lowest BCUT2D eigenvalue weighted by molar-refractivity contribution is -0.159. The first kappa shape index (κ1) is 20.0. The summed E-state index contributed by atoms with van der Waals surface area (Å²) in [5.41, 5.74) is 0. The molecule has 0 bridgehead atoms. The number of urea groups is 1. The van der Waals surface area contributed by atoms with E-state index in [4.69, 9.17) is 0 Å². The lowest BCUT2D eigenvalue weighted by atomic mass is 10.3. The van der Waals surface area contributed by atoms with E-state index in [9.17, 15) is 26.7 Å². The van der Waals surface area contributed by atoms with Gasteiger partial charge in [0.25, 0.3) is 6.43 Å². The smallest absolute Gasteiger partial charge is 0.329 e. The first-order valence-electron chi connectivity index (χ1n) is 9.07. The Hall–Kier alpha value is -2.24. The van der Waals surface area contributed by atoms with Crippen LogP contribution in [0.1, 0.15) is 36.5 Å². The highest BCUT2D eigenvalue weighted by molar-refractivity contribution is 7.15. The van der Waals surface area contributed by atoms with Crippen molar-refractivity contribution < 1.29 is 31.3 Å². The molecule has 2 aromatic heterocycles. The summed E-state index contributed by atoms with van der Waals surface area (Å²) in [6.07, 6.45) is -4.28. The molecule has 2 heterocycles. The van der Waals surface area contributed by atoms with Crippen molar-refractivity contribution in [3.05, 3.63) is 22.9 Å². The van der Waals surface area contributed by atoms with Gasteiger partial charge in [0, 0.05) is 17.0 Å². The number of carbonyl (C=O) groups is 1. The molecule has 0 spiro atoms. The number of carbonyl (C=O) groups excluding carboxylic acids is 1. The topological polar surface area (TPSA) is 62.5 Å². The molecule has 2 aromatic rings. The summed E-state index contributed by atoms with van der Waals surface area (Å²) in [5.74, 6) is -1.61. The quantitative estimate of drug-likeness (QED) is 0.594. The van der Waals surface area contributed by atoms with Crippen molar-refractivity contribution in [1.29, 1.82) is 0 Å². The van der Waals surface area contributed by atoms with Crippen LogP contribution in [0.4, 0.5) is 26.7 Å². The van der Waals surface area contributed by atoms with E-state index >= 15 is 0 Å². The van der Waals surface area contributed by atoms with Gasteiger partial charge in [-0.05, 0) is 37.8 Å². The Morgan fingerprint density at radius 1 is 1.17 bits per heavy atom. The molecule has 0 unspecified atom stereocenters. The highest BCUT2D eigenvalue weighted by Gasteiger charge is 2.41. The van der Waals surface area contributed by atoms with Crippen LogP contribution in [0.2, 0.25) is 0 Å². The zero-order valence-electron chi connectivity index (χ0n) is 15.0. The van der Waals surface area contributed by atoms with Gasteiger partial charge in [-0.1, -0.05) is 5.16 Å². The third-order valence-electron chi connectivity index (χ3n) is 4.68. The van der Waals surface area contributed by atoms with E-state index in [2.05, 4.69) is 14.7 Å². The molecule has 4 rings (SSSR count). The van der Waals surface area contributed by atoms with Crippen molar-refractivity contribution in [1.82, 2.24) is 19.9 Å². The second-order valence-corrected chi connectivity index (χ2v) is 8.27. The second kappa shape index (κ2) is 7.54. The van der Waals surface area contributed by atoms with Crippen molar-refractivity contribution in [3.63, 3.8) is 0 Å². The Kier molecular flexibility index (Phi) is 5.21. The summed E-state index contributed by atoms with van der Waals surface area (Å²) in [4.78, 5) is 20.1. The molecule has 29 heavy (non-hydrogen) atoms. The van der Waals surface area contributed by atoms with Gasteiger partial charge in [-0.3, -0.25) is 0 Å². The SMILES string of the molecule is O=C(N(Cc1ccc(-c2noc(C(F)(F)F)n2)s1)C1CC1)N(CC(F)F)C1CC1. The third kappa shape index (κ3) is 4.68. The Morgan fingerprint density at radius 2 is 1.83 bits per heavy atom. The molecule has 0 radical (unpaired) electrons. The third-order valence-corrected chi connectivity index (χ3v) is 5.74. The van der Waals surface area contributed by atoms with Gasteiger partial charge in [-0.2, -0.15) is 18.2 Å². The van der Waals surface area contributed by atoms with Crippen LogP contribution in [0.15, 0.2) is 16.7 Å². The number of hydrogen-bond donors (Lipinski definition) is 0. The fraction of sp³-hybridized carbons (Fsp3) is 0.588. The first-order valence-corrected chi connectivity index (χ1v) is 9.89. The molecule has 2 aliphatic rings. The Bertz CT molecular complexity index is 875. The molecule has 0 saturated heterocycles. The zero-order valence-corrected chi connectivity index (χ0v) is 15.8. The Labute approximate surface area is 166 Å². The molecule has 0 N–H and O–H groups in total. The van der Waals surface area contributed by atoms with Gasteiger partial charge < -0.3 is 14.3 Å². The van der Waals surface area contributed by atoms with Crippen LogP contribution in [0.5, 0.6) is 0 Å². The minimum Gasteiger partial charge on any atom is -0.329 e. The molecule has 0 aromatic carbocycles. The molecule has 6 nitrogen and oxygen atoms in total. The molecule has 0 aliphatic heterocycles. The minimum absolute atomic E-state index is 0.00557. The number of hydrogen-bond acceptors (Lipinski definition) is 5. The van der Waals surface area contributed by atoms with Crippen molar-refractivity contribution in [2.45, 2.75) is 56.9 Å². The standard InChI is InChI=1S/C17H17F5N4O2S/c18-13(19)8-26(10-3-4-10)16(27)25(9-1-2-9)7-11-5-6-12(29-11)14-23-15(28-24-14)17(20,21)22/h5-6,9-10,13H,1-4,7-8H2. The van der Waals surface area contributed by atoms with Gasteiger partial charge in [0.2, 0.25) is 5.82 Å². The lowest BCUT2D eigenvalue weighted by Crippen LogP contribution is -2.46. The first-order chi connectivity index (χ1) is 13.7. The van der Waals surface area contributed by atoms with Crippen molar-refractivity contribution >= 4 is 17.4 Å². The summed E-state index contributed by atoms with van der Waals surface area (Å²) in [7, 11) is 0. The van der Waals surface area contributed by atoms with Crippen molar-refractivity contribution in [2.24, 2.45) is 0 Å². The maximum absolute atomic E-state index is 12.9. The molecule has 2 amide bonds. The van der Waals surface area contributed by atoms with Gasteiger partial charge in [0.05, 0.1) is 18.0 Å². The minimum atomic E-state index is -4.72. The number of alkyl halides is 5. The Balaban J connectivity index is 1.48.